The molecular weight excluding hydrogens is 452 g/mol. The van der Waals surface area contributed by atoms with Crippen LogP contribution in [0.1, 0.15) is 28.7 Å². The van der Waals surface area contributed by atoms with Crippen molar-refractivity contribution in [1.29, 1.82) is 0 Å². The van der Waals surface area contributed by atoms with Crippen molar-refractivity contribution in [1.82, 2.24) is 0 Å². The van der Waals surface area contributed by atoms with Gasteiger partial charge in [-0.05, 0) is 41.5 Å². The quantitative estimate of drug-likeness (QED) is 0.214. The Kier molecular flexibility index (Phi) is 5.36. The number of benzene rings is 4. The van der Waals surface area contributed by atoms with Crippen molar-refractivity contribution in [3.05, 3.63) is 154 Å². The van der Waals surface area contributed by atoms with Crippen molar-refractivity contribution in [3.8, 4) is 11.3 Å². The number of hydrogen-bond acceptors (Lipinski definition) is 5. The van der Waals surface area contributed by atoms with Gasteiger partial charge in [-0.15, -0.1) is 0 Å². The molecule has 0 bridgehead atoms. The molecule has 0 aliphatic carbocycles. The van der Waals surface area contributed by atoms with Gasteiger partial charge < -0.3 is 14.5 Å². The Morgan fingerprint density at radius 3 is 1.97 bits per heavy atom. The lowest BCUT2D eigenvalue weighted by molar-refractivity contribution is -0.384. The maximum Gasteiger partial charge on any atom is 0.269 e. The van der Waals surface area contributed by atoms with E-state index in [4.69, 9.17) is 9.15 Å². The van der Waals surface area contributed by atoms with E-state index in [9.17, 15) is 10.1 Å². The first-order valence-corrected chi connectivity index (χ1v) is 11.6. The molecule has 0 fully saturated rings. The van der Waals surface area contributed by atoms with E-state index in [-0.39, 0.29) is 5.69 Å². The van der Waals surface area contributed by atoms with Crippen LogP contribution >= 0.6 is 0 Å². The molecule has 36 heavy (non-hydrogen) atoms. The number of nitrogens with one attached hydrogen (secondary N) is 1. The maximum absolute atomic E-state index is 11.0. The predicted molar refractivity (Wildman–Crippen MR) is 137 cm³/mol. The molecule has 0 spiro atoms. The number of rotatable bonds is 5. The third-order valence-electron chi connectivity index (χ3n) is 6.50. The lowest BCUT2D eigenvalue weighted by Gasteiger charge is -2.43. The monoisotopic (exact) mass is 474 g/mol. The molecule has 0 radical (unpaired) electrons. The summed E-state index contributed by atoms with van der Waals surface area (Å²) in [5.74, 6) is 1.21. The van der Waals surface area contributed by atoms with E-state index in [1.165, 1.54) is 12.1 Å². The van der Waals surface area contributed by atoms with Crippen molar-refractivity contribution in [2.75, 3.05) is 5.32 Å². The number of nitro benzene ring substituents is 1. The zero-order chi connectivity index (χ0) is 24.5. The van der Waals surface area contributed by atoms with Crippen LogP contribution in [0.4, 0.5) is 11.4 Å². The zero-order valence-electron chi connectivity index (χ0n) is 19.2. The largest absolute Gasteiger partial charge is 0.456 e. The number of nitro groups is 1. The molecule has 1 N–H and O–H groups in total. The van der Waals surface area contributed by atoms with Crippen LogP contribution in [-0.2, 0) is 10.3 Å². The second-order valence-electron chi connectivity index (χ2n) is 8.61. The Bertz CT molecular complexity index is 1470. The van der Waals surface area contributed by atoms with Crippen LogP contribution in [-0.4, -0.2) is 4.92 Å². The van der Waals surface area contributed by atoms with Gasteiger partial charge in [0.1, 0.15) is 11.4 Å². The third-order valence-corrected chi connectivity index (χ3v) is 6.50. The van der Waals surface area contributed by atoms with Gasteiger partial charge in [-0.25, -0.2) is 0 Å². The number of hydrogen-bond donors (Lipinski definition) is 1. The third kappa shape index (κ3) is 3.65. The van der Waals surface area contributed by atoms with Gasteiger partial charge in [0, 0.05) is 28.9 Å². The fourth-order valence-electron chi connectivity index (χ4n) is 4.81. The average Bonchev–Trinajstić information content (AvgIpc) is 3.44. The molecule has 1 aliphatic heterocycles. The lowest BCUT2D eigenvalue weighted by Crippen LogP contribution is -2.40. The second kappa shape index (κ2) is 8.83. The number of fused-ring (bicyclic) bond motifs is 1. The smallest absolute Gasteiger partial charge is 0.269 e. The summed E-state index contributed by atoms with van der Waals surface area (Å²) >= 11 is 0. The number of nitrogens with zero attached hydrogens (tertiary/aromatic N) is 1. The van der Waals surface area contributed by atoms with Gasteiger partial charge >= 0.3 is 0 Å². The molecule has 1 aromatic heterocycles. The minimum absolute atomic E-state index is 0.0370. The van der Waals surface area contributed by atoms with Gasteiger partial charge in [-0.1, -0.05) is 78.9 Å². The SMILES string of the molecule is O=[N+]([O-])c1ccc(-c2ccc(C3Nc4ccccc4C(c4ccccc4)(c4ccccc4)O3)o2)cc1. The molecular formula is C30H22N2O4. The molecule has 6 nitrogen and oxygen atoms in total. The molecule has 1 atom stereocenters. The zero-order valence-corrected chi connectivity index (χ0v) is 19.2. The van der Waals surface area contributed by atoms with Gasteiger partial charge in [0.25, 0.3) is 5.69 Å². The average molecular weight is 475 g/mol. The fraction of sp³-hybridized carbons (Fsp3) is 0.0667. The number of non-ortho nitro benzene ring substituents is 1. The minimum atomic E-state index is -0.866. The van der Waals surface area contributed by atoms with Gasteiger partial charge in [0.2, 0.25) is 0 Å². The van der Waals surface area contributed by atoms with E-state index in [0.717, 1.165) is 27.9 Å². The molecule has 4 aromatic carbocycles. The summed E-state index contributed by atoms with van der Waals surface area (Å²) in [4.78, 5) is 10.6. The molecule has 2 heterocycles. The second-order valence-corrected chi connectivity index (χ2v) is 8.61. The van der Waals surface area contributed by atoms with E-state index < -0.39 is 16.8 Å². The summed E-state index contributed by atoms with van der Waals surface area (Å²) in [6.07, 6.45) is -0.577. The van der Waals surface area contributed by atoms with Crippen LogP contribution in [0.15, 0.2) is 126 Å². The summed E-state index contributed by atoms with van der Waals surface area (Å²) in [5, 5.41) is 14.5. The first-order chi connectivity index (χ1) is 17.6. The van der Waals surface area contributed by atoms with Gasteiger partial charge in [0.15, 0.2) is 12.0 Å². The highest BCUT2D eigenvalue weighted by Crippen LogP contribution is 2.50. The van der Waals surface area contributed by atoms with Crippen molar-refractivity contribution in [3.63, 3.8) is 0 Å². The van der Waals surface area contributed by atoms with Crippen LogP contribution in [0.2, 0.25) is 0 Å². The van der Waals surface area contributed by atoms with Crippen LogP contribution < -0.4 is 5.32 Å². The molecule has 5 aromatic rings. The number of furan rings is 1. The maximum atomic E-state index is 11.0. The van der Waals surface area contributed by atoms with Gasteiger partial charge in [-0.2, -0.15) is 0 Å². The van der Waals surface area contributed by atoms with Crippen molar-refractivity contribution in [2.24, 2.45) is 0 Å². The van der Waals surface area contributed by atoms with E-state index in [1.54, 1.807) is 12.1 Å². The van der Waals surface area contributed by atoms with Crippen LogP contribution in [0.25, 0.3) is 11.3 Å². The summed E-state index contributed by atoms with van der Waals surface area (Å²) in [6.45, 7) is 0. The van der Waals surface area contributed by atoms with Crippen LogP contribution in [0, 0.1) is 10.1 Å². The van der Waals surface area contributed by atoms with Gasteiger partial charge in [-0.3, -0.25) is 10.1 Å². The van der Waals surface area contributed by atoms with E-state index in [2.05, 4.69) is 35.6 Å². The Morgan fingerprint density at radius 1 is 0.722 bits per heavy atom. The first-order valence-electron chi connectivity index (χ1n) is 11.6. The standard InChI is InChI=1S/C30H22N2O4/c33-32(34)24-17-15-21(16-18-24)27-19-20-28(35-27)29-31-26-14-8-7-13-25(26)30(36-29,22-9-3-1-4-10-22)23-11-5-2-6-12-23/h1-20,29,31H. The van der Waals surface area contributed by atoms with E-state index in [0.29, 0.717) is 11.5 Å². The molecule has 6 rings (SSSR count). The van der Waals surface area contributed by atoms with Crippen molar-refractivity contribution >= 4 is 11.4 Å². The Balaban J connectivity index is 1.46. The highest BCUT2D eigenvalue weighted by molar-refractivity contribution is 5.64. The van der Waals surface area contributed by atoms with E-state index >= 15 is 0 Å². The first kappa shape index (κ1) is 21.8. The highest BCUT2D eigenvalue weighted by atomic mass is 16.6. The molecule has 1 unspecified atom stereocenters. The normalized spacial score (nSPS) is 16.1. The summed E-state index contributed by atoms with van der Waals surface area (Å²) in [6, 6.07) is 38.6. The number of anilines is 1. The molecule has 6 heteroatoms. The molecule has 0 amide bonds. The van der Waals surface area contributed by atoms with Crippen LogP contribution in [0.5, 0.6) is 0 Å². The van der Waals surface area contributed by atoms with E-state index in [1.807, 2.05) is 66.7 Å². The Hall–Kier alpha value is -4.68. The lowest BCUT2D eigenvalue weighted by atomic mass is 9.78. The Labute approximate surface area is 207 Å². The van der Waals surface area contributed by atoms with Crippen molar-refractivity contribution in [2.45, 2.75) is 11.8 Å². The summed E-state index contributed by atoms with van der Waals surface area (Å²) < 4.78 is 13.2. The molecule has 0 saturated carbocycles. The molecule has 0 saturated heterocycles. The predicted octanol–water partition coefficient (Wildman–Crippen LogP) is 7.29. The van der Waals surface area contributed by atoms with Gasteiger partial charge in [0.05, 0.1) is 4.92 Å². The molecule has 1 aliphatic rings. The van der Waals surface area contributed by atoms with Crippen LogP contribution in [0.3, 0.4) is 0 Å². The Morgan fingerprint density at radius 2 is 1.33 bits per heavy atom. The number of para-hydroxylation sites is 1. The highest BCUT2D eigenvalue weighted by Gasteiger charge is 2.45. The topological polar surface area (TPSA) is 77.5 Å². The fourth-order valence-corrected chi connectivity index (χ4v) is 4.81. The summed E-state index contributed by atoms with van der Waals surface area (Å²) in [5.41, 5.74) is 3.91. The molecule has 176 valence electrons. The van der Waals surface area contributed by atoms with Crippen molar-refractivity contribution < 1.29 is 14.1 Å². The number of ether oxygens (including phenoxy) is 1. The minimum Gasteiger partial charge on any atom is -0.456 e. The summed E-state index contributed by atoms with van der Waals surface area (Å²) in [7, 11) is 0.